The van der Waals surface area contributed by atoms with Gasteiger partial charge in [0.1, 0.15) is 11.3 Å². The Bertz CT molecular complexity index is 539. The molecule has 0 aromatic heterocycles. The molecule has 0 radical (unpaired) electrons. The van der Waals surface area contributed by atoms with Crippen molar-refractivity contribution in [2.75, 3.05) is 0 Å². The Morgan fingerprint density at radius 1 is 1.37 bits per heavy atom. The van der Waals surface area contributed by atoms with Crippen molar-refractivity contribution in [3.8, 4) is 5.75 Å². The molecule has 1 saturated heterocycles. The molecule has 1 aliphatic heterocycles. The van der Waals surface area contributed by atoms with Crippen molar-refractivity contribution in [2.24, 2.45) is 5.10 Å². The van der Waals surface area contributed by atoms with E-state index in [4.69, 9.17) is 5.11 Å². The van der Waals surface area contributed by atoms with Crippen molar-refractivity contribution in [3.63, 3.8) is 0 Å². The lowest BCUT2D eigenvalue weighted by atomic mass is 10.00. The Morgan fingerprint density at radius 3 is 2.53 bits per heavy atom. The van der Waals surface area contributed by atoms with Crippen LogP contribution in [0.25, 0.3) is 0 Å². The number of nitrogens with zero attached hydrogens (tertiary/aromatic N) is 2. The van der Waals surface area contributed by atoms with E-state index in [1.807, 2.05) is 6.92 Å². The van der Waals surface area contributed by atoms with Gasteiger partial charge in [0.05, 0.1) is 6.21 Å². The lowest BCUT2D eigenvalue weighted by molar-refractivity contribution is -0.130. The standard InChI is InChI=1S/C13H15N3O3/c1-3-13(2)11(18)16(12(19)15-13)14-8-9-4-6-10(17)7-5-9/h4-8,17H,3H2,1-2H3,(H,15,19)/b14-8+/t13-/m0/s1. The van der Waals surface area contributed by atoms with E-state index in [0.717, 1.165) is 5.01 Å². The van der Waals surface area contributed by atoms with Crippen LogP contribution in [0.15, 0.2) is 29.4 Å². The maximum atomic E-state index is 12.0. The Balaban J connectivity index is 2.17. The van der Waals surface area contributed by atoms with Crippen LogP contribution in [0, 0.1) is 0 Å². The maximum absolute atomic E-state index is 12.0. The fraction of sp³-hybridized carbons (Fsp3) is 0.308. The number of benzene rings is 1. The largest absolute Gasteiger partial charge is 0.508 e. The number of amides is 3. The monoisotopic (exact) mass is 261 g/mol. The van der Waals surface area contributed by atoms with Gasteiger partial charge in [-0.15, -0.1) is 5.01 Å². The summed E-state index contributed by atoms with van der Waals surface area (Å²) in [6.07, 6.45) is 1.90. The summed E-state index contributed by atoms with van der Waals surface area (Å²) in [5, 5.41) is 16.5. The number of hydrogen-bond acceptors (Lipinski definition) is 4. The van der Waals surface area contributed by atoms with E-state index in [1.54, 1.807) is 19.1 Å². The van der Waals surface area contributed by atoms with Crippen molar-refractivity contribution in [1.29, 1.82) is 0 Å². The van der Waals surface area contributed by atoms with Crippen LogP contribution in [0.5, 0.6) is 5.75 Å². The van der Waals surface area contributed by atoms with Gasteiger partial charge in [-0.3, -0.25) is 4.79 Å². The summed E-state index contributed by atoms with van der Waals surface area (Å²) in [6.45, 7) is 3.49. The molecule has 3 amide bonds. The minimum Gasteiger partial charge on any atom is -0.508 e. The van der Waals surface area contributed by atoms with Crippen molar-refractivity contribution in [2.45, 2.75) is 25.8 Å². The molecule has 1 heterocycles. The number of hydrogen-bond donors (Lipinski definition) is 2. The number of imide groups is 1. The summed E-state index contributed by atoms with van der Waals surface area (Å²) in [5.41, 5.74) is -0.202. The molecule has 6 heteroatoms. The van der Waals surface area contributed by atoms with Crippen LogP contribution in [-0.2, 0) is 4.79 Å². The van der Waals surface area contributed by atoms with Gasteiger partial charge in [-0.2, -0.15) is 5.10 Å². The molecule has 0 aliphatic carbocycles. The van der Waals surface area contributed by atoms with Gasteiger partial charge in [0, 0.05) is 0 Å². The van der Waals surface area contributed by atoms with E-state index in [9.17, 15) is 9.59 Å². The molecule has 1 fully saturated rings. The molecule has 6 nitrogen and oxygen atoms in total. The lowest BCUT2D eigenvalue weighted by Crippen LogP contribution is -2.42. The zero-order valence-electron chi connectivity index (χ0n) is 10.8. The van der Waals surface area contributed by atoms with Gasteiger partial charge < -0.3 is 10.4 Å². The Hall–Kier alpha value is -2.37. The van der Waals surface area contributed by atoms with Gasteiger partial charge >= 0.3 is 6.03 Å². The second-order valence-corrected chi connectivity index (χ2v) is 4.57. The molecular formula is C13H15N3O3. The number of urea groups is 1. The number of carbonyl (C=O) groups is 2. The van der Waals surface area contributed by atoms with E-state index in [-0.39, 0.29) is 11.7 Å². The second kappa shape index (κ2) is 4.72. The molecule has 1 atom stereocenters. The van der Waals surface area contributed by atoms with E-state index in [0.29, 0.717) is 12.0 Å². The molecule has 2 N–H and O–H groups in total. The number of rotatable bonds is 3. The highest BCUT2D eigenvalue weighted by molar-refractivity contribution is 6.07. The molecule has 19 heavy (non-hydrogen) atoms. The number of hydrazone groups is 1. The molecule has 0 bridgehead atoms. The fourth-order valence-corrected chi connectivity index (χ4v) is 1.70. The van der Waals surface area contributed by atoms with Crippen LogP contribution in [0.2, 0.25) is 0 Å². The number of aromatic hydroxyl groups is 1. The molecule has 0 saturated carbocycles. The molecule has 1 aromatic carbocycles. The Morgan fingerprint density at radius 2 is 2.00 bits per heavy atom. The molecule has 1 aromatic rings. The molecule has 0 spiro atoms. The van der Waals surface area contributed by atoms with Crippen LogP contribution in [0.4, 0.5) is 4.79 Å². The number of carbonyl (C=O) groups excluding carboxylic acids is 2. The molecule has 100 valence electrons. The van der Waals surface area contributed by atoms with Crippen LogP contribution in [-0.4, -0.2) is 33.8 Å². The molecule has 0 unspecified atom stereocenters. The predicted molar refractivity (Wildman–Crippen MR) is 69.8 cm³/mol. The van der Waals surface area contributed by atoms with E-state index in [2.05, 4.69) is 10.4 Å². The minimum absolute atomic E-state index is 0.144. The Labute approximate surface area is 110 Å². The van der Waals surface area contributed by atoms with Crippen LogP contribution < -0.4 is 5.32 Å². The third-order valence-corrected chi connectivity index (χ3v) is 3.16. The third-order valence-electron chi connectivity index (χ3n) is 3.16. The van der Waals surface area contributed by atoms with Gasteiger partial charge in [0.25, 0.3) is 5.91 Å². The quantitative estimate of drug-likeness (QED) is 0.638. The van der Waals surface area contributed by atoms with Gasteiger partial charge in [0.2, 0.25) is 0 Å². The highest BCUT2D eigenvalue weighted by atomic mass is 16.3. The summed E-state index contributed by atoms with van der Waals surface area (Å²) in [5.74, 6) is -0.222. The lowest BCUT2D eigenvalue weighted by Gasteiger charge is -2.17. The predicted octanol–water partition coefficient (Wildman–Crippen LogP) is 1.45. The third kappa shape index (κ3) is 2.42. The maximum Gasteiger partial charge on any atom is 0.346 e. The first-order valence-corrected chi connectivity index (χ1v) is 5.96. The summed E-state index contributed by atoms with van der Waals surface area (Å²) < 4.78 is 0. The van der Waals surface area contributed by atoms with Crippen molar-refractivity contribution >= 4 is 18.2 Å². The van der Waals surface area contributed by atoms with Crippen molar-refractivity contribution in [3.05, 3.63) is 29.8 Å². The van der Waals surface area contributed by atoms with Gasteiger partial charge in [0.15, 0.2) is 0 Å². The average molecular weight is 261 g/mol. The summed E-state index contributed by atoms with van der Waals surface area (Å²) >= 11 is 0. The van der Waals surface area contributed by atoms with E-state index >= 15 is 0 Å². The van der Waals surface area contributed by atoms with Gasteiger partial charge in [-0.05, 0) is 43.2 Å². The van der Waals surface area contributed by atoms with Gasteiger partial charge in [-0.25, -0.2) is 4.79 Å². The van der Waals surface area contributed by atoms with E-state index in [1.165, 1.54) is 18.3 Å². The topological polar surface area (TPSA) is 82.0 Å². The number of phenols is 1. The Kier molecular flexibility index (Phi) is 3.25. The molecule has 1 aliphatic rings. The number of nitrogens with one attached hydrogen (secondary N) is 1. The smallest absolute Gasteiger partial charge is 0.346 e. The SMILES string of the molecule is CC[C@]1(C)NC(=O)N(/N=C/c2ccc(O)cc2)C1=O. The highest BCUT2D eigenvalue weighted by Crippen LogP contribution is 2.20. The fourth-order valence-electron chi connectivity index (χ4n) is 1.70. The summed E-state index contributed by atoms with van der Waals surface area (Å²) in [6, 6.07) is 5.75. The van der Waals surface area contributed by atoms with Crippen molar-refractivity contribution < 1.29 is 14.7 Å². The van der Waals surface area contributed by atoms with Crippen LogP contribution >= 0.6 is 0 Å². The first kappa shape index (κ1) is 13.1. The minimum atomic E-state index is -0.886. The van der Waals surface area contributed by atoms with Crippen LogP contribution in [0.1, 0.15) is 25.8 Å². The first-order valence-electron chi connectivity index (χ1n) is 5.96. The normalized spacial score (nSPS) is 23.2. The molecular weight excluding hydrogens is 246 g/mol. The van der Waals surface area contributed by atoms with E-state index < -0.39 is 11.6 Å². The zero-order valence-corrected chi connectivity index (χ0v) is 10.8. The zero-order chi connectivity index (χ0) is 14.0. The summed E-state index contributed by atoms with van der Waals surface area (Å²) in [4.78, 5) is 23.7. The average Bonchev–Trinajstić information content (AvgIpc) is 2.61. The van der Waals surface area contributed by atoms with Gasteiger partial charge in [-0.1, -0.05) is 6.92 Å². The molecule has 2 rings (SSSR count). The number of phenolic OH excluding ortho intramolecular Hbond substituents is 1. The first-order chi connectivity index (χ1) is 8.96. The highest BCUT2D eigenvalue weighted by Gasteiger charge is 2.46. The summed E-state index contributed by atoms with van der Waals surface area (Å²) in [7, 11) is 0. The van der Waals surface area contributed by atoms with Crippen LogP contribution in [0.3, 0.4) is 0 Å². The van der Waals surface area contributed by atoms with Crippen molar-refractivity contribution in [1.82, 2.24) is 10.3 Å². The second-order valence-electron chi connectivity index (χ2n) is 4.57.